The second-order valence-corrected chi connectivity index (χ2v) is 7.92. The summed E-state index contributed by atoms with van der Waals surface area (Å²) in [5.74, 6) is -0.195. The fourth-order valence-corrected chi connectivity index (χ4v) is 4.32. The fraction of sp³-hybridized carbons (Fsp3) is 0.353. The third-order valence-corrected chi connectivity index (χ3v) is 5.61. The predicted octanol–water partition coefficient (Wildman–Crippen LogP) is 1.63. The van der Waals surface area contributed by atoms with Crippen LogP contribution in [0, 0.1) is 0 Å². The maximum Gasteiger partial charge on any atom is 0.253 e. The summed E-state index contributed by atoms with van der Waals surface area (Å²) >= 11 is 0. The number of carbonyl (C=O) groups excluding carboxylic acids is 1. The van der Waals surface area contributed by atoms with Crippen LogP contribution in [0.25, 0.3) is 5.69 Å². The lowest BCUT2D eigenvalue weighted by Crippen LogP contribution is -2.42. The number of para-hydroxylation sites is 1. The Kier molecular flexibility index (Phi) is 4.73. The first-order valence-corrected chi connectivity index (χ1v) is 9.79. The maximum absolute atomic E-state index is 12.6. The Balaban J connectivity index is 1.73. The van der Waals surface area contributed by atoms with E-state index in [-0.39, 0.29) is 11.9 Å². The Morgan fingerprint density at radius 3 is 2.62 bits per heavy atom. The molecular formula is C17H21N3O3S. The molecular weight excluding hydrogens is 326 g/mol. The highest BCUT2D eigenvalue weighted by atomic mass is 32.2. The second-order valence-electron chi connectivity index (χ2n) is 5.99. The first-order valence-electron chi connectivity index (χ1n) is 7.94. The van der Waals surface area contributed by atoms with Crippen LogP contribution in [-0.2, 0) is 10.0 Å². The van der Waals surface area contributed by atoms with Gasteiger partial charge in [0.2, 0.25) is 10.0 Å². The lowest BCUT2D eigenvalue weighted by Gasteiger charge is -2.22. The van der Waals surface area contributed by atoms with Crippen molar-refractivity contribution in [2.45, 2.75) is 18.9 Å². The van der Waals surface area contributed by atoms with Crippen LogP contribution in [-0.4, -0.2) is 48.6 Å². The first kappa shape index (κ1) is 16.7. The number of nitrogens with zero attached hydrogens (tertiary/aromatic N) is 2. The Labute approximate surface area is 142 Å². The van der Waals surface area contributed by atoms with Gasteiger partial charge in [-0.05, 0) is 37.1 Å². The molecule has 2 heterocycles. The molecule has 0 spiro atoms. The molecule has 0 radical (unpaired) electrons. The summed E-state index contributed by atoms with van der Waals surface area (Å²) in [5, 5.41) is 2.89. The highest BCUT2D eigenvalue weighted by Gasteiger charge is 2.31. The number of benzene rings is 1. The van der Waals surface area contributed by atoms with Gasteiger partial charge >= 0.3 is 0 Å². The number of sulfonamides is 1. The molecule has 7 heteroatoms. The molecule has 24 heavy (non-hydrogen) atoms. The van der Waals surface area contributed by atoms with Gasteiger partial charge in [0.05, 0.1) is 17.5 Å². The monoisotopic (exact) mass is 347 g/mol. The van der Waals surface area contributed by atoms with Crippen LogP contribution in [0.15, 0.2) is 48.8 Å². The van der Waals surface area contributed by atoms with Gasteiger partial charge in [-0.2, -0.15) is 4.31 Å². The summed E-state index contributed by atoms with van der Waals surface area (Å²) in [6, 6.07) is 11.0. The molecule has 3 rings (SSSR count). The van der Waals surface area contributed by atoms with Crippen LogP contribution in [0.1, 0.15) is 23.2 Å². The minimum atomic E-state index is -3.23. The largest absolute Gasteiger partial charge is 0.350 e. The highest BCUT2D eigenvalue weighted by Crippen LogP contribution is 2.20. The van der Waals surface area contributed by atoms with Crippen LogP contribution in [0.3, 0.4) is 0 Å². The van der Waals surface area contributed by atoms with Gasteiger partial charge in [0.25, 0.3) is 5.91 Å². The molecule has 0 bridgehead atoms. The third-order valence-electron chi connectivity index (χ3n) is 4.28. The Bertz CT molecular complexity index is 815. The molecule has 1 aromatic heterocycles. The van der Waals surface area contributed by atoms with E-state index >= 15 is 0 Å². The zero-order chi connectivity index (χ0) is 17.2. The van der Waals surface area contributed by atoms with Gasteiger partial charge in [0.15, 0.2) is 0 Å². The first-order chi connectivity index (χ1) is 11.5. The van der Waals surface area contributed by atoms with E-state index < -0.39 is 10.0 Å². The van der Waals surface area contributed by atoms with Crippen molar-refractivity contribution in [3.8, 4) is 5.69 Å². The van der Waals surface area contributed by atoms with Crippen molar-refractivity contribution in [2.75, 3.05) is 19.3 Å². The summed E-state index contributed by atoms with van der Waals surface area (Å²) in [5.41, 5.74) is 1.36. The van der Waals surface area contributed by atoms with Crippen LogP contribution in [0.4, 0.5) is 0 Å². The normalized spacial score (nSPS) is 18.6. The van der Waals surface area contributed by atoms with E-state index in [9.17, 15) is 13.2 Å². The van der Waals surface area contributed by atoms with Crippen molar-refractivity contribution < 1.29 is 13.2 Å². The van der Waals surface area contributed by atoms with E-state index in [0.29, 0.717) is 18.7 Å². The van der Waals surface area contributed by atoms with E-state index in [4.69, 9.17) is 0 Å². The van der Waals surface area contributed by atoms with Crippen molar-refractivity contribution in [3.05, 3.63) is 54.4 Å². The molecule has 0 aliphatic carbocycles. The van der Waals surface area contributed by atoms with Crippen molar-refractivity contribution in [1.29, 1.82) is 0 Å². The van der Waals surface area contributed by atoms with Crippen molar-refractivity contribution >= 4 is 15.9 Å². The maximum atomic E-state index is 12.6. The molecule has 1 atom stereocenters. The number of rotatable bonds is 5. The second kappa shape index (κ2) is 6.78. The zero-order valence-corrected chi connectivity index (χ0v) is 14.4. The summed E-state index contributed by atoms with van der Waals surface area (Å²) in [6.07, 6.45) is 6.58. The van der Waals surface area contributed by atoms with Crippen LogP contribution in [0.5, 0.6) is 0 Å². The van der Waals surface area contributed by atoms with Gasteiger partial charge in [-0.15, -0.1) is 0 Å². The highest BCUT2D eigenvalue weighted by molar-refractivity contribution is 7.88. The molecule has 0 saturated carbocycles. The molecule has 1 fully saturated rings. The number of aromatic nitrogens is 1. The molecule has 1 aromatic carbocycles. The standard InChI is InChI=1S/C17H21N3O3S/c1-24(22,23)20-12-6-7-14(20)13-18-17(21)15-8-2-3-9-16(15)19-10-4-5-11-19/h2-5,8-11,14H,6-7,12-13H2,1H3,(H,18,21)/t14-/m1/s1. The molecule has 1 N–H and O–H groups in total. The van der Waals surface area contributed by atoms with E-state index in [1.54, 1.807) is 6.07 Å². The van der Waals surface area contributed by atoms with Crippen molar-refractivity contribution in [2.24, 2.45) is 0 Å². The average Bonchev–Trinajstić information content (AvgIpc) is 3.23. The molecule has 0 unspecified atom stereocenters. The molecule has 128 valence electrons. The number of amides is 1. The molecule has 2 aromatic rings. The van der Waals surface area contributed by atoms with Crippen molar-refractivity contribution in [1.82, 2.24) is 14.2 Å². The Hall–Kier alpha value is -2.12. The third kappa shape index (κ3) is 3.52. The fourth-order valence-electron chi connectivity index (χ4n) is 3.14. The van der Waals surface area contributed by atoms with Crippen molar-refractivity contribution in [3.63, 3.8) is 0 Å². The minimum absolute atomic E-state index is 0.164. The number of nitrogens with one attached hydrogen (secondary N) is 1. The molecule has 1 amide bonds. The summed E-state index contributed by atoms with van der Waals surface area (Å²) < 4.78 is 26.9. The minimum Gasteiger partial charge on any atom is -0.350 e. The van der Waals surface area contributed by atoms with Crippen LogP contribution < -0.4 is 5.32 Å². The quantitative estimate of drug-likeness (QED) is 0.894. The molecule has 1 aliphatic heterocycles. The smallest absolute Gasteiger partial charge is 0.253 e. The summed E-state index contributed by atoms with van der Waals surface area (Å²) in [7, 11) is -3.23. The Morgan fingerprint density at radius 2 is 1.92 bits per heavy atom. The van der Waals surface area contributed by atoms with E-state index in [2.05, 4.69) is 5.32 Å². The van der Waals surface area contributed by atoms with Gasteiger partial charge in [-0.3, -0.25) is 4.79 Å². The topological polar surface area (TPSA) is 71.4 Å². The summed E-state index contributed by atoms with van der Waals surface area (Å²) in [6.45, 7) is 0.852. The van der Waals surface area contributed by atoms with Gasteiger partial charge in [-0.1, -0.05) is 12.1 Å². The zero-order valence-electron chi connectivity index (χ0n) is 13.6. The van der Waals surface area contributed by atoms with Crippen LogP contribution >= 0.6 is 0 Å². The molecule has 1 saturated heterocycles. The summed E-state index contributed by atoms with van der Waals surface area (Å²) in [4.78, 5) is 12.6. The number of carbonyl (C=O) groups is 1. The van der Waals surface area contributed by atoms with Crippen LogP contribution in [0.2, 0.25) is 0 Å². The van der Waals surface area contributed by atoms with E-state index in [1.807, 2.05) is 47.3 Å². The molecule has 6 nitrogen and oxygen atoms in total. The van der Waals surface area contributed by atoms with Gasteiger partial charge in [-0.25, -0.2) is 8.42 Å². The van der Waals surface area contributed by atoms with Gasteiger partial charge < -0.3 is 9.88 Å². The molecule has 1 aliphatic rings. The lowest BCUT2D eigenvalue weighted by molar-refractivity contribution is 0.0946. The SMILES string of the molecule is CS(=O)(=O)N1CCC[C@@H]1CNC(=O)c1ccccc1-n1cccc1. The van der Waals surface area contributed by atoms with E-state index in [1.165, 1.54) is 10.6 Å². The predicted molar refractivity (Wildman–Crippen MR) is 92.7 cm³/mol. The average molecular weight is 347 g/mol. The Morgan fingerprint density at radius 1 is 1.21 bits per heavy atom. The van der Waals surface area contributed by atoms with Gasteiger partial charge in [0, 0.05) is 31.5 Å². The van der Waals surface area contributed by atoms with E-state index in [0.717, 1.165) is 18.5 Å². The number of hydrogen-bond donors (Lipinski definition) is 1. The van der Waals surface area contributed by atoms with Gasteiger partial charge in [0.1, 0.15) is 0 Å². The number of hydrogen-bond acceptors (Lipinski definition) is 3. The lowest BCUT2D eigenvalue weighted by atomic mass is 10.1.